The molecule has 1 amide bonds. The van der Waals surface area contributed by atoms with Crippen molar-refractivity contribution in [2.45, 2.75) is 44.9 Å². The summed E-state index contributed by atoms with van der Waals surface area (Å²) >= 11 is 6.46. The lowest BCUT2D eigenvalue weighted by Gasteiger charge is -2.27. The van der Waals surface area contributed by atoms with Crippen LogP contribution in [0.1, 0.15) is 40.2 Å². The van der Waals surface area contributed by atoms with E-state index in [4.69, 9.17) is 16.1 Å². The number of rotatable bonds is 6. The Kier molecular flexibility index (Phi) is 6.62. The van der Waals surface area contributed by atoms with E-state index in [9.17, 15) is 23.1 Å². The number of fused-ring (bicyclic) bond motifs is 1. The zero-order chi connectivity index (χ0) is 25.4. The van der Waals surface area contributed by atoms with Crippen LogP contribution in [0.3, 0.4) is 0 Å². The van der Waals surface area contributed by atoms with Gasteiger partial charge in [0.05, 0.1) is 23.2 Å². The molecule has 8 nitrogen and oxygen atoms in total. The van der Waals surface area contributed by atoms with Gasteiger partial charge in [-0.1, -0.05) is 28.9 Å². The van der Waals surface area contributed by atoms with Crippen LogP contribution < -0.4 is 4.74 Å². The standard InChI is InChI=1S/C24H22ClF3N4O4/c25-19-10-15(22-29-20(36-30-22)13-31-7-5-17(33)6-8-31)9-16-12-32(23(34)21(16)19)11-14-1-3-18(4-2-14)35-24(26,27)28/h1-4,9-10,17,33H,5-8,11-13H2. The van der Waals surface area contributed by atoms with Gasteiger partial charge in [0.15, 0.2) is 0 Å². The van der Waals surface area contributed by atoms with Crippen molar-refractivity contribution in [3.63, 3.8) is 0 Å². The summed E-state index contributed by atoms with van der Waals surface area (Å²) < 4.78 is 46.4. The van der Waals surface area contributed by atoms with E-state index in [0.29, 0.717) is 53.4 Å². The number of nitrogens with zero attached hydrogens (tertiary/aromatic N) is 4. The molecule has 0 spiro atoms. The number of hydrogen-bond acceptors (Lipinski definition) is 7. The van der Waals surface area contributed by atoms with Gasteiger partial charge in [-0.05, 0) is 48.2 Å². The van der Waals surface area contributed by atoms with Gasteiger partial charge in [0, 0.05) is 31.7 Å². The number of carbonyl (C=O) groups excluding carboxylic acids is 1. The zero-order valence-electron chi connectivity index (χ0n) is 19.0. The Morgan fingerprint density at radius 1 is 1.14 bits per heavy atom. The van der Waals surface area contributed by atoms with Crippen LogP contribution in [0.2, 0.25) is 5.02 Å². The highest BCUT2D eigenvalue weighted by Crippen LogP contribution is 2.34. The molecule has 0 bridgehead atoms. The van der Waals surface area contributed by atoms with Gasteiger partial charge < -0.3 is 19.3 Å². The monoisotopic (exact) mass is 522 g/mol. The first kappa shape index (κ1) is 24.5. The van der Waals surface area contributed by atoms with Crippen molar-refractivity contribution >= 4 is 17.5 Å². The molecule has 0 saturated carbocycles. The molecule has 3 aromatic rings. The summed E-state index contributed by atoms with van der Waals surface area (Å²) in [5.41, 5.74) is 2.35. The van der Waals surface area contributed by atoms with Crippen LogP contribution in [0.15, 0.2) is 40.9 Å². The van der Waals surface area contributed by atoms with E-state index in [2.05, 4.69) is 19.8 Å². The number of halogens is 4. The van der Waals surface area contributed by atoms with Gasteiger partial charge in [-0.25, -0.2) is 0 Å². The third-order valence-corrected chi connectivity index (χ3v) is 6.50. The molecular weight excluding hydrogens is 501 g/mol. The van der Waals surface area contributed by atoms with Crippen LogP contribution >= 0.6 is 11.6 Å². The molecule has 2 aromatic carbocycles. The number of alkyl halides is 3. The van der Waals surface area contributed by atoms with Gasteiger partial charge in [0.1, 0.15) is 5.75 Å². The summed E-state index contributed by atoms with van der Waals surface area (Å²) in [4.78, 5) is 21.1. The largest absolute Gasteiger partial charge is 0.573 e. The van der Waals surface area contributed by atoms with Gasteiger partial charge in [0.25, 0.3) is 5.91 Å². The van der Waals surface area contributed by atoms with Crippen LogP contribution in [0, 0.1) is 0 Å². The van der Waals surface area contributed by atoms with Crippen LogP contribution in [0.5, 0.6) is 5.75 Å². The Morgan fingerprint density at radius 2 is 1.86 bits per heavy atom. The third kappa shape index (κ3) is 5.48. The first-order valence-electron chi connectivity index (χ1n) is 11.3. The summed E-state index contributed by atoms with van der Waals surface area (Å²) in [6.45, 7) is 2.46. The first-order valence-corrected chi connectivity index (χ1v) is 11.7. The molecule has 2 aliphatic heterocycles. The van der Waals surface area contributed by atoms with E-state index in [-0.39, 0.29) is 35.9 Å². The molecule has 1 saturated heterocycles. The number of ether oxygens (including phenoxy) is 1. The average molecular weight is 523 g/mol. The van der Waals surface area contributed by atoms with Crippen LogP contribution in [0.4, 0.5) is 13.2 Å². The minimum absolute atomic E-state index is 0.197. The minimum Gasteiger partial charge on any atom is -0.406 e. The number of aliphatic hydroxyl groups is 1. The summed E-state index contributed by atoms with van der Waals surface area (Å²) in [5.74, 6) is 0.220. The highest BCUT2D eigenvalue weighted by Gasteiger charge is 2.32. The SMILES string of the molecule is O=C1c2c(Cl)cc(-c3noc(CN4CCC(O)CC4)n3)cc2CN1Cc1ccc(OC(F)(F)F)cc1. The van der Waals surface area contributed by atoms with E-state index in [1.165, 1.54) is 24.3 Å². The molecule has 5 rings (SSSR count). The van der Waals surface area contributed by atoms with Crippen LogP contribution in [-0.2, 0) is 19.6 Å². The van der Waals surface area contributed by atoms with Gasteiger partial charge >= 0.3 is 6.36 Å². The van der Waals surface area contributed by atoms with E-state index in [0.717, 1.165) is 13.1 Å². The number of aromatic nitrogens is 2. The molecule has 190 valence electrons. The third-order valence-electron chi connectivity index (χ3n) is 6.21. The van der Waals surface area contributed by atoms with E-state index in [1.807, 2.05) is 0 Å². The lowest BCUT2D eigenvalue weighted by atomic mass is 10.1. The molecule has 1 aromatic heterocycles. The number of likely N-dealkylation sites (tertiary alicyclic amines) is 1. The van der Waals surface area contributed by atoms with Crippen molar-refractivity contribution in [3.05, 3.63) is 64.0 Å². The maximum atomic E-state index is 13.0. The highest BCUT2D eigenvalue weighted by molar-refractivity contribution is 6.34. The fourth-order valence-electron chi connectivity index (χ4n) is 4.44. The fraction of sp³-hybridized carbons (Fsp3) is 0.375. The van der Waals surface area contributed by atoms with Crippen molar-refractivity contribution in [1.29, 1.82) is 0 Å². The molecule has 0 unspecified atom stereocenters. The number of aliphatic hydroxyl groups excluding tert-OH is 1. The van der Waals surface area contributed by atoms with E-state index in [1.54, 1.807) is 17.0 Å². The van der Waals surface area contributed by atoms with E-state index < -0.39 is 6.36 Å². The second-order valence-corrected chi connectivity index (χ2v) is 9.27. The van der Waals surface area contributed by atoms with Crippen molar-refractivity contribution < 1.29 is 32.3 Å². The zero-order valence-corrected chi connectivity index (χ0v) is 19.7. The Balaban J connectivity index is 1.27. The number of benzene rings is 2. The highest BCUT2D eigenvalue weighted by atomic mass is 35.5. The lowest BCUT2D eigenvalue weighted by molar-refractivity contribution is -0.274. The van der Waals surface area contributed by atoms with Gasteiger partial charge in [0.2, 0.25) is 11.7 Å². The maximum absolute atomic E-state index is 13.0. The first-order chi connectivity index (χ1) is 17.1. The Labute approximate surface area is 209 Å². The topological polar surface area (TPSA) is 91.9 Å². The molecule has 12 heteroatoms. The molecule has 0 aliphatic carbocycles. The van der Waals surface area contributed by atoms with Gasteiger partial charge in [-0.3, -0.25) is 9.69 Å². The molecule has 1 N–H and O–H groups in total. The second-order valence-electron chi connectivity index (χ2n) is 8.86. The molecular formula is C24H22ClF3N4O4. The molecule has 0 atom stereocenters. The smallest absolute Gasteiger partial charge is 0.406 e. The van der Waals surface area contributed by atoms with Crippen molar-refractivity contribution in [2.75, 3.05) is 13.1 Å². The van der Waals surface area contributed by atoms with Crippen molar-refractivity contribution in [1.82, 2.24) is 19.9 Å². The summed E-state index contributed by atoms with van der Waals surface area (Å²) in [6, 6.07) is 8.80. The predicted molar refractivity (Wildman–Crippen MR) is 122 cm³/mol. The number of piperidine rings is 1. The second kappa shape index (κ2) is 9.72. The van der Waals surface area contributed by atoms with Gasteiger partial charge in [-0.2, -0.15) is 4.98 Å². The average Bonchev–Trinajstić information content (AvgIpc) is 3.40. The van der Waals surface area contributed by atoms with Crippen molar-refractivity contribution in [2.24, 2.45) is 0 Å². The van der Waals surface area contributed by atoms with Crippen LogP contribution in [-0.4, -0.2) is 56.5 Å². The van der Waals surface area contributed by atoms with E-state index >= 15 is 0 Å². The molecule has 2 aliphatic rings. The van der Waals surface area contributed by atoms with Gasteiger partial charge in [-0.15, -0.1) is 13.2 Å². The van der Waals surface area contributed by atoms with Crippen molar-refractivity contribution in [3.8, 4) is 17.1 Å². The number of carbonyl (C=O) groups is 1. The molecule has 3 heterocycles. The molecule has 0 radical (unpaired) electrons. The molecule has 36 heavy (non-hydrogen) atoms. The quantitative estimate of drug-likeness (QED) is 0.513. The lowest BCUT2D eigenvalue weighted by Crippen LogP contribution is -2.35. The Morgan fingerprint density at radius 3 is 2.56 bits per heavy atom. The number of amides is 1. The predicted octanol–water partition coefficient (Wildman–Crippen LogP) is 4.40. The maximum Gasteiger partial charge on any atom is 0.573 e. The molecule has 1 fully saturated rings. The Bertz CT molecular complexity index is 1260. The fourth-order valence-corrected chi connectivity index (χ4v) is 4.76. The normalized spacial score (nSPS) is 17.0. The minimum atomic E-state index is -4.76. The summed E-state index contributed by atoms with van der Waals surface area (Å²) in [6.07, 6.45) is -3.62. The summed E-state index contributed by atoms with van der Waals surface area (Å²) in [7, 11) is 0. The Hall–Kier alpha value is -3.15. The summed E-state index contributed by atoms with van der Waals surface area (Å²) in [5, 5.41) is 14.0. The van der Waals surface area contributed by atoms with Crippen LogP contribution in [0.25, 0.3) is 11.4 Å². The number of hydrogen-bond donors (Lipinski definition) is 1.